The van der Waals surface area contributed by atoms with Gasteiger partial charge in [-0.2, -0.15) is 0 Å². The Hall–Kier alpha value is -3.35. The van der Waals surface area contributed by atoms with Gasteiger partial charge in [-0.25, -0.2) is 0 Å². The molecule has 2 aromatic carbocycles. The van der Waals surface area contributed by atoms with Crippen LogP contribution in [0.5, 0.6) is 0 Å². The Labute approximate surface area is 208 Å². The number of aryl methyl sites for hydroxylation is 1. The third-order valence-electron chi connectivity index (χ3n) is 6.97. The number of piperidine rings is 1. The van der Waals surface area contributed by atoms with E-state index in [0.717, 1.165) is 44.3 Å². The van der Waals surface area contributed by atoms with E-state index in [2.05, 4.69) is 48.3 Å². The zero-order chi connectivity index (χ0) is 24.8. The molecule has 0 spiro atoms. The van der Waals surface area contributed by atoms with Crippen LogP contribution in [-0.2, 0) is 16.1 Å². The van der Waals surface area contributed by atoms with Crippen molar-refractivity contribution in [1.82, 2.24) is 15.1 Å². The van der Waals surface area contributed by atoms with Crippen LogP contribution in [0.25, 0.3) is 0 Å². The molecule has 0 aromatic heterocycles. The number of benzene rings is 2. The maximum Gasteiger partial charge on any atom is 0.251 e. The van der Waals surface area contributed by atoms with Gasteiger partial charge in [-0.15, -0.1) is 0 Å². The fourth-order valence-electron chi connectivity index (χ4n) is 5.01. The minimum Gasteiger partial charge on any atom is -0.372 e. The molecule has 2 saturated heterocycles. The summed E-state index contributed by atoms with van der Waals surface area (Å²) in [5.74, 6) is -0.0236. The van der Waals surface area contributed by atoms with Gasteiger partial charge in [-0.1, -0.05) is 24.3 Å². The van der Waals surface area contributed by atoms with Gasteiger partial charge in [0.25, 0.3) is 5.91 Å². The summed E-state index contributed by atoms with van der Waals surface area (Å²) in [4.78, 5) is 43.6. The first-order valence-corrected chi connectivity index (χ1v) is 12.7. The van der Waals surface area contributed by atoms with Crippen molar-refractivity contribution in [2.45, 2.75) is 52.1 Å². The van der Waals surface area contributed by atoms with Crippen LogP contribution in [0.3, 0.4) is 0 Å². The van der Waals surface area contributed by atoms with Crippen LogP contribution in [0.2, 0.25) is 0 Å². The number of anilines is 1. The standard InChI is InChI=1S/C28H36N4O3/c1-3-30(24-9-6-8-21(2)18-24)16-7-15-29-27(34)23-13-11-22(12-14-23)19-31-20-26(33)32-17-5-4-10-25(32)28(31)35/h6,8-9,11-14,18,25H,3-5,7,10,15-17,19-20H2,1-2H3,(H,29,34). The van der Waals surface area contributed by atoms with Gasteiger partial charge in [0.1, 0.15) is 12.6 Å². The summed E-state index contributed by atoms with van der Waals surface area (Å²) < 4.78 is 0. The molecule has 0 saturated carbocycles. The van der Waals surface area contributed by atoms with Gasteiger partial charge < -0.3 is 20.0 Å². The first kappa shape index (κ1) is 24.8. The first-order chi connectivity index (χ1) is 17.0. The Bertz CT molecular complexity index is 1050. The predicted octanol–water partition coefficient (Wildman–Crippen LogP) is 3.36. The highest BCUT2D eigenvalue weighted by atomic mass is 16.2. The van der Waals surface area contributed by atoms with E-state index < -0.39 is 0 Å². The second-order valence-electron chi connectivity index (χ2n) is 9.52. The molecule has 2 aliphatic rings. The maximum atomic E-state index is 12.9. The lowest BCUT2D eigenvalue weighted by Gasteiger charge is -2.42. The van der Waals surface area contributed by atoms with E-state index in [1.807, 2.05) is 12.1 Å². The smallest absolute Gasteiger partial charge is 0.251 e. The van der Waals surface area contributed by atoms with Gasteiger partial charge in [0.05, 0.1) is 0 Å². The average molecular weight is 477 g/mol. The maximum absolute atomic E-state index is 12.9. The minimum atomic E-state index is -0.301. The minimum absolute atomic E-state index is 0.0364. The average Bonchev–Trinajstić information content (AvgIpc) is 2.87. The van der Waals surface area contributed by atoms with Gasteiger partial charge in [0.2, 0.25) is 11.8 Å². The molecule has 35 heavy (non-hydrogen) atoms. The Morgan fingerprint density at radius 3 is 2.66 bits per heavy atom. The third-order valence-corrected chi connectivity index (χ3v) is 6.97. The van der Waals surface area contributed by atoms with Gasteiger partial charge in [-0.3, -0.25) is 14.4 Å². The van der Waals surface area contributed by atoms with Crippen LogP contribution in [0.15, 0.2) is 48.5 Å². The van der Waals surface area contributed by atoms with E-state index in [1.165, 1.54) is 11.3 Å². The Kier molecular flexibility index (Phi) is 8.06. The highest BCUT2D eigenvalue weighted by Crippen LogP contribution is 2.24. The van der Waals surface area contributed by atoms with Gasteiger partial charge in [0, 0.05) is 44.0 Å². The van der Waals surface area contributed by atoms with Crippen LogP contribution < -0.4 is 10.2 Å². The Morgan fingerprint density at radius 1 is 1.11 bits per heavy atom. The molecule has 3 amide bonds. The van der Waals surface area contributed by atoms with E-state index in [4.69, 9.17) is 0 Å². The van der Waals surface area contributed by atoms with Crippen molar-refractivity contribution in [3.8, 4) is 0 Å². The van der Waals surface area contributed by atoms with Crippen LogP contribution in [0.4, 0.5) is 5.69 Å². The van der Waals surface area contributed by atoms with Gasteiger partial charge in [-0.05, 0) is 74.9 Å². The quantitative estimate of drug-likeness (QED) is 0.564. The highest BCUT2D eigenvalue weighted by Gasteiger charge is 2.40. The van der Waals surface area contributed by atoms with E-state index >= 15 is 0 Å². The molecule has 1 unspecified atom stereocenters. The van der Waals surface area contributed by atoms with Crippen LogP contribution in [0, 0.1) is 6.92 Å². The zero-order valence-corrected chi connectivity index (χ0v) is 20.8. The number of carbonyl (C=O) groups excluding carboxylic acids is 3. The number of piperazine rings is 1. The molecular formula is C28H36N4O3. The summed E-state index contributed by atoms with van der Waals surface area (Å²) in [5.41, 5.74) is 3.97. The highest BCUT2D eigenvalue weighted by molar-refractivity contribution is 5.95. The fraction of sp³-hybridized carbons (Fsp3) is 0.464. The lowest BCUT2D eigenvalue weighted by molar-refractivity contribution is -0.158. The fourth-order valence-corrected chi connectivity index (χ4v) is 5.01. The lowest BCUT2D eigenvalue weighted by Crippen LogP contribution is -2.60. The molecule has 2 heterocycles. The Morgan fingerprint density at radius 2 is 1.91 bits per heavy atom. The van der Waals surface area contributed by atoms with Crippen molar-refractivity contribution in [1.29, 1.82) is 0 Å². The van der Waals surface area contributed by atoms with Crippen molar-refractivity contribution < 1.29 is 14.4 Å². The lowest BCUT2D eigenvalue weighted by atomic mass is 9.98. The normalized spacial score (nSPS) is 17.8. The number of amides is 3. The number of hydrogen-bond acceptors (Lipinski definition) is 4. The molecule has 2 aliphatic heterocycles. The molecule has 1 atom stereocenters. The molecule has 0 radical (unpaired) electrons. The molecule has 7 heteroatoms. The van der Waals surface area contributed by atoms with Crippen molar-refractivity contribution >= 4 is 23.4 Å². The molecule has 0 bridgehead atoms. The Balaban J connectivity index is 1.25. The molecule has 2 aromatic rings. The van der Waals surface area contributed by atoms with E-state index in [1.54, 1.807) is 21.9 Å². The number of nitrogens with one attached hydrogen (secondary N) is 1. The number of carbonyl (C=O) groups is 3. The largest absolute Gasteiger partial charge is 0.372 e. The summed E-state index contributed by atoms with van der Waals surface area (Å²) >= 11 is 0. The topological polar surface area (TPSA) is 73.0 Å². The monoisotopic (exact) mass is 476 g/mol. The predicted molar refractivity (Wildman–Crippen MR) is 137 cm³/mol. The van der Waals surface area contributed by atoms with Crippen molar-refractivity contribution in [2.24, 2.45) is 0 Å². The second kappa shape index (κ2) is 11.4. The molecule has 7 nitrogen and oxygen atoms in total. The number of fused-ring (bicyclic) bond motifs is 1. The van der Waals surface area contributed by atoms with E-state index in [-0.39, 0.29) is 30.3 Å². The molecular weight excluding hydrogens is 440 g/mol. The summed E-state index contributed by atoms with van der Waals surface area (Å²) in [7, 11) is 0. The number of hydrogen-bond donors (Lipinski definition) is 1. The molecule has 1 N–H and O–H groups in total. The molecule has 4 rings (SSSR count). The van der Waals surface area contributed by atoms with Crippen LogP contribution in [-0.4, -0.2) is 66.3 Å². The van der Waals surface area contributed by atoms with E-state index in [0.29, 0.717) is 25.2 Å². The van der Waals surface area contributed by atoms with Crippen LogP contribution >= 0.6 is 0 Å². The number of nitrogens with zero attached hydrogens (tertiary/aromatic N) is 3. The summed E-state index contributed by atoms with van der Waals surface area (Å²) in [6, 6.07) is 15.5. The molecule has 2 fully saturated rings. The van der Waals surface area contributed by atoms with Crippen molar-refractivity contribution in [3.63, 3.8) is 0 Å². The zero-order valence-electron chi connectivity index (χ0n) is 20.8. The van der Waals surface area contributed by atoms with Crippen molar-refractivity contribution in [2.75, 3.05) is 37.6 Å². The summed E-state index contributed by atoms with van der Waals surface area (Å²) in [6.45, 7) is 7.85. The third kappa shape index (κ3) is 6.02. The summed E-state index contributed by atoms with van der Waals surface area (Å²) in [5, 5.41) is 3.01. The first-order valence-electron chi connectivity index (χ1n) is 12.7. The summed E-state index contributed by atoms with van der Waals surface area (Å²) in [6.07, 6.45) is 3.57. The second-order valence-corrected chi connectivity index (χ2v) is 9.52. The van der Waals surface area contributed by atoms with E-state index in [9.17, 15) is 14.4 Å². The van der Waals surface area contributed by atoms with Gasteiger partial charge in [0.15, 0.2) is 0 Å². The van der Waals surface area contributed by atoms with Gasteiger partial charge >= 0.3 is 0 Å². The number of rotatable bonds is 9. The van der Waals surface area contributed by atoms with Crippen molar-refractivity contribution in [3.05, 3.63) is 65.2 Å². The van der Waals surface area contributed by atoms with Crippen LogP contribution in [0.1, 0.15) is 54.1 Å². The SMILES string of the molecule is CCN(CCCNC(=O)c1ccc(CN2CC(=O)N3CCCCC3C2=O)cc1)c1cccc(C)c1. The molecule has 0 aliphatic carbocycles. The molecule has 186 valence electrons.